The van der Waals surface area contributed by atoms with Crippen molar-refractivity contribution in [1.29, 1.82) is 0 Å². The number of nitrogens with zero attached hydrogens (tertiary/aromatic N) is 2. The van der Waals surface area contributed by atoms with E-state index in [1.807, 2.05) is 0 Å². The summed E-state index contributed by atoms with van der Waals surface area (Å²) in [6.45, 7) is 8.64. The molecule has 3 atom stereocenters. The molecular formula is C17H28N3O7P. The van der Waals surface area contributed by atoms with E-state index in [0.717, 1.165) is 7.11 Å². The fraction of sp³-hybridized carbons (Fsp3) is 0.588. The highest BCUT2D eigenvalue weighted by Crippen LogP contribution is 2.42. The SMILES string of the molecule is C=C/C=C(\C=NC1CC(COP(=O)(O)OC)N(C(=O)OC(C)(C)C)C1)C(N)=O. The van der Waals surface area contributed by atoms with Crippen molar-refractivity contribution in [1.82, 2.24) is 4.90 Å². The summed E-state index contributed by atoms with van der Waals surface area (Å²) in [5.41, 5.74) is 4.72. The summed E-state index contributed by atoms with van der Waals surface area (Å²) in [6, 6.07) is -0.942. The first kappa shape index (κ1) is 24.0. The van der Waals surface area contributed by atoms with Crippen LogP contribution in [0, 0.1) is 0 Å². The smallest absolute Gasteiger partial charge is 0.444 e. The Morgan fingerprint density at radius 3 is 2.57 bits per heavy atom. The van der Waals surface area contributed by atoms with Crippen LogP contribution >= 0.6 is 7.82 Å². The van der Waals surface area contributed by atoms with E-state index >= 15 is 0 Å². The van der Waals surface area contributed by atoms with Crippen LogP contribution in [0.2, 0.25) is 0 Å². The molecule has 3 N–H and O–H groups in total. The number of aliphatic imine (C=N–C) groups is 1. The van der Waals surface area contributed by atoms with Gasteiger partial charge in [0.05, 0.1) is 24.3 Å². The van der Waals surface area contributed by atoms with Crippen molar-refractivity contribution < 1.29 is 32.8 Å². The molecule has 3 unspecified atom stereocenters. The maximum atomic E-state index is 12.5. The lowest BCUT2D eigenvalue weighted by Gasteiger charge is -2.28. The molecule has 1 heterocycles. The van der Waals surface area contributed by atoms with Gasteiger partial charge in [0.1, 0.15) is 5.60 Å². The number of nitrogens with two attached hydrogens (primary N) is 1. The highest BCUT2D eigenvalue weighted by atomic mass is 31.2. The summed E-state index contributed by atoms with van der Waals surface area (Å²) < 4.78 is 26.2. The average Bonchev–Trinajstić information content (AvgIpc) is 2.98. The molecule has 0 saturated carbocycles. The third kappa shape index (κ3) is 7.93. The number of primary amides is 1. The fourth-order valence-corrected chi connectivity index (χ4v) is 2.90. The molecule has 158 valence electrons. The van der Waals surface area contributed by atoms with Gasteiger partial charge in [0, 0.05) is 19.9 Å². The summed E-state index contributed by atoms with van der Waals surface area (Å²) in [4.78, 5) is 39.0. The summed E-state index contributed by atoms with van der Waals surface area (Å²) >= 11 is 0. The number of hydrogen-bond acceptors (Lipinski definition) is 7. The van der Waals surface area contributed by atoms with Crippen LogP contribution in [0.1, 0.15) is 27.2 Å². The molecule has 0 aliphatic carbocycles. The molecular weight excluding hydrogens is 389 g/mol. The number of ether oxygens (including phenoxy) is 1. The van der Waals surface area contributed by atoms with Crippen molar-refractivity contribution in [2.45, 2.75) is 44.9 Å². The Hall–Kier alpha value is -2.00. The number of carbonyl (C=O) groups is 2. The molecule has 11 heteroatoms. The van der Waals surface area contributed by atoms with Crippen LogP contribution in [0.3, 0.4) is 0 Å². The number of likely N-dealkylation sites (tertiary alicyclic amines) is 1. The van der Waals surface area contributed by atoms with Crippen molar-refractivity contribution >= 4 is 26.0 Å². The molecule has 28 heavy (non-hydrogen) atoms. The summed E-state index contributed by atoms with van der Waals surface area (Å²) in [5, 5.41) is 0. The third-order valence-corrected chi connectivity index (χ3v) is 4.62. The molecule has 1 rings (SSSR count). The number of hydrogen-bond donors (Lipinski definition) is 2. The van der Waals surface area contributed by atoms with Gasteiger partial charge >= 0.3 is 13.9 Å². The van der Waals surface area contributed by atoms with Gasteiger partial charge in [-0.15, -0.1) is 0 Å². The topological polar surface area (TPSA) is 141 Å². The van der Waals surface area contributed by atoms with Crippen molar-refractivity contribution in [3.8, 4) is 0 Å². The van der Waals surface area contributed by atoms with Crippen molar-refractivity contribution in [3.05, 3.63) is 24.3 Å². The first-order valence-corrected chi connectivity index (χ1v) is 10.1. The number of phosphoric ester groups is 1. The van der Waals surface area contributed by atoms with E-state index in [1.165, 1.54) is 23.3 Å². The van der Waals surface area contributed by atoms with Crippen LogP contribution in [0.15, 0.2) is 29.3 Å². The zero-order valence-electron chi connectivity index (χ0n) is 16.5. The predicted octanol–water partition coefficient (Wildman–Crippen LogP) is 1.80. The minimum absolute atomic E-state index is 0.165. The molecule has 0 spiro atoms. The predicted molar refractivity (Wildman–Crippen MR) is 104 cm³/mol. The third-order valence-electron chi connectivity index (χ3n) is 3.69. The Morgan fingerprint density at radius 1 is 1.43 bits per heavy atom. The van der Waals surface area contributed by atoms with Gasteiger partial charge < -0.3 is 20.3 Å². The first-order valence-electron chi connectivity index (χ1n) is 8.57. The molecule has 0 aromatic heterocycles. The zero-order valence-corrected chi connectivity index (χ0v) is 17.4. The van der Waals surface area contributed by atoms with Gasteiger partial charge in [-0.05, 0) is 33.3 Å². The first-order chi connectivity index (χ1) is 12.9. The summed E-state index contributed by atoms with van der Waals surface area (Å²) in [5.74, 6) is -0.660. The van der Waals surface area contributed by atoms with Gasteiger partial charge in [-0.25, -0.2) is 9.36 Å². The number of carbonyl (C=O) groups excluding carboxylic acids is 2. The molecule has 1 saturated heterocycles. The molecule has 0 radical (unpaired) electrons. The van der Waals surface area contributed by atoms with E-state index in [1.54, 1.807) is 20.8 Å². The lowest BCUT2D eigenvalue weighted by atomic mass is 10.2. The number of allylic oxidation sites excluding steroid dienone is 2. The Balaban J connectivity index is 2.95. The van der Waals surface area contributed by atoms with E-state index in [-0.39, 0.29) is 24.8 Å². The molecule has 10 nitrogen and oxygen atoms in total. The quantitative estimate of drug-likeness (QED) is 0.265. The van der Waals surface area contributed by atoms with Crippen LogP contribution in [0.25, 0.3) is 0 Å². The largest absolute Gasteiger partial charge is 0.471 e. The minimum atomic E-state index is -4.20. The van der Waals surface area contributed by atoms with Crippen LogP contribution in [-0.4, -0.2) is 66.0 Å². The van der Waals surface area contributed by atoms with Crippen molar-refractivity contribution in [2.75, 3.05) is 20.3 Å². The highest BCUT2D eigenvalue weighted by molar-refractivity contribution is 7.47. The van der Waals surface area contributed by atoms with E-state index in [0.29, 0.717) is 6.42 Å². The Kier molecular flexibility index (Phi) is 8.56. The van der Waals surface area contributed by atoms with E-state index in [2.05, 4.69) is 16.1 Å². The van der Waals surface area contributed by atoms with Gasteiger partial charge in [0.2, 0.25) is 5.91 Å². The Morgan fingerprint density at radius 2 is 2.07 bits per heavy atom. The van der Waals surface area contributed by atoms with Crippen LogP contribution in [0.4, 0.5) is 4.79 Å². The zero-order chi connectivity index (χ0) is 21.5. The van der Waals surface area contributed by atoms with E-state index < -0.39 is 31.5 Å². The van der Waals surface area contributed by atoms with Crippen LogP contribution < -0.4 is 5.73 Å². The van der Waals surface area contributed by atoms with Gasteiger partial charge in [0.15, 0.2) is 0 Å². The van der Waals surface area contributed by atoms with E-state index in [9.17, 15) is 19.0 Å². The van der Waals surface area contributed by atoms with Crippen molar-refractivity contribution in [2.24, 2.45) is 10.7 Å². The van der Waals surface area contributed by atoms with Gasteiger partial charge in [-0.1, -0.05) is 12.7 Å². The second-order valence-corrected chi connectivity index (χ2v) is 8.68. The second-order valence-electron chi connectivity index (χ2n) is 7.12. The fourth-order valence-electron chi connectivity index (χ4n) is 2.44. The second kappa shape index (κ2) is 9.97. The van der Waals surface area contributed by atoms with Gasteiger partial charge in [-0.3, -0.25) is 18.8 Å². The summed E-state index contributed by atoms with van der Waals surface area (Å²) in [6.07, 6.45) is 3.89. The molecule has 1 aliphatic heterocycles. The molecule has 1 fully saturated rings. The lowest BCUT2D eigenvalue weighted by molar-refractivity contribution is -0.114. The molecule has 0 aromatic rings. The minimum Gasteiger partial charge on any atom is -0.444 e. The summed E-state index contributed by atoms with van der Waals surface area (Å²) in [7, 11) is -3.15. The van der Waals surface area contributed by atoms with Crippen LogP contribution in [-0.2, 0) is 23.1 Å². The number of rotatable bonds is 8. The molecule has 0 bridgehead atoms. The average molecular weight is 417 g/mol. The number of phosphoric acid groups is 1. The highest BCUT2D eigenvalue weighted by Gasteiger charge is 2.38. The van der Waals surface area contributed by atoms with Crippen LogP contribution in [0.5, 0.6) is 0 Å². The Labute approximate surface area is 164 Å². The Bertz CT molecular complexity index is 699. The van der Waals surface area contributed by atoms with Gasteiger partial charge in [0.25, 0.3) is 0 Å². The maximum Gasteiger partial charge on any atom is 0.471 e. The van der Waals surface area contributed by atoms with Crippen molar-refractivity contribution in [3.63, 3.8) is 0 Å². The standard InChI is InChI=1S/C17H28N3O7P/c1-6-7-12(15(18)21)9-19-13-8-14(11-26-28(23,24)25-5)20(10-13)16(22)27-17(2,3)4/h6-7,9,13-14H,1,8,10-11H2,2-5H3,(H2,18,21)(H,23,24)/b12-7+,19-9?. The normalized spacial score (nSPS) is 22.9. The maximum absolute atomic E-state index is 12.5. The lowest BCUT2D eigenvalue weighted by Crippen LogP contribution is -2.41. The molecule has 2 amide bonds. The number of amides is 2. The van der Waals surface area contributed by atoms with E-state index in [4.69, 9.17) is 15.0 Å². The monoisotopic (exact) mass is 417 g/mol. The molecule has 1 aliphatic rings. The molecule has 0 aromatic carbocycles. The van der Waals surface area contributed by atoms with Gasteiger partial charge in [-0.2, -0.15) is 0 Å².